The number of benzene rings is 1. The summed E-state index contributed by atoms with van der Waals surface area (Å²) in [6, 6.07) is 6.88. The Morgan fingerprint density at radius 3 is 2.45 bits per heavy atom. The maximum atomic E-state index is 12.3. The molecule has 0 aliphatic heterocycles. The standard InChI is InChI=1S/C13H11BrN2O3S/c1-7-10(13(18)19)12(20-15-7)16(2)11(17)8-3-5-9(14)6-4-8/h3-6H,1-2H3,(H,18,19). The molecular formula is C13H11BrN2O3S. The lowest BCUT2D eigenvalue weighted by atomic mass is 10.2. The molecule has 0 atom stereocenters. The number of anilines is 1. The van der Waals surface area contributed by atoms with Crippen molar-refractivity contribution >= 4 is 44.3 Å². The second-order valence-corrected chi connectivity index (χ2v) is 5.79. The van der Waals surface area contributed by atoms with Crippen LogP contribution in [0.4, 0.5) is 5.00 Å². The lowest BCUT2D eigenvalue weighted by Gasteiger charge is -2.15. The van der Waals surface area contributed by atoms with Gasteiger partial charge in [-0.1, -0.05) is 15.9 Å². The maximum Gasteiger partial charge on any atom is 0.340 e. The molecule has 20 heavy (non-hydrogen) atoms. The number of carbonyl (C=O) groups excluding carboxylic acids is 1. The van der Waals surface area contributed by atoms with Crippen LogP contribution in [0.3, 0.4) is 0 Å². The number of carboxylic acid groups (broad SMARTS) is 1. The minimum absolute atomic E-state index is 0.0722. The quantitative estimate of drug-likeness (QED) is 0.918. The molecule has 1 aromatic carbocycles. The van der Waals surface area contributed by atoms with E-state index >= 15 is 0 Å². The van der Waals surface area contributed by atoms with Gasteiger partial charge in [0.2, 0.25) is 0 Å². The number of amides is 1. The molecule has 1 heterocycles. The van der Waals surface area contributed by atoms with E-state index in [-0.39, 0.29) is 11.5 Å². The van der Waals surface area contributed by atoms with Crippen molar-refractivity contribution < 1.29 is 14.7 Å². The molecule has 1 amide bonds. The lowest BCUT2D eigenvalue weighted by molar-refractivity contribution is 0.0697. The summed E-state index contributed by atoms with van der Waals surface area (Å²) in [6.07, 6.45) is 0. The fourth-order valence-electron chi connectivity index (χ4n) is 1.71. The first-order valence-electron chi connectivity index (χ1n) is 5.65. The third-order valence-corrected chi connectivity index (χ3v) is 4.30. The van der Waals surface area contributed by atoms with Crippen molar-refractivity contribution in [2.45, 2.75) is 6.92 Å². The first-order chi connectivity index (χ1) is 9.41. The van der Waals surface area contributed by atoms with Crippen LogP contribution in [0.1, 0.15) is 26.4 Å². The van der Waals surface area contributed by atoms with Gasteiger partial charge in [-0.15, -0.1) is 0 Å². The topological polar surface area (TPSA) is 70.5 Å². The van der Waals surface area contributed by atoms with Gasteiger partial charge >= 0.3 is 5.97 Å². The van der Waals surface area contributed by atoms with Gasteiger partial charge in [0.05, 0.1) is 5.69 Å². The third kappa shape index (κ3) is 2.73. The van der Waals surface area contributed by atoms with E-state index in [4.69, 9.17) is 0 Å². The second kappa shape index (κ2) is 5.72. The van der Waals surface area contributed by atoms with Crippen LogP contribution in [0.5, 0.6) is 0 Å². The Morgan fingerprint density at radius 2 is 1.90 bits per heavy atom. The van der Waals surface area contributed by atoms with Crippen LogP contribution < -0.4 is 4.90 Å². The number of aromatic carboxylic acids is 1. The third-order valence-electron chi connectivity index (χ3n) is 2.76. The van der Waals surface area contributed by atoms with Crippen molar-refractivity contribution in [3.8, 4) is 0 Å². The Kier molecular flexibility index (Phi) is 4.20. The number of rotatable bonds is 3. The molecule has 1 N–H and O–H groups in total. The van der Waals surface area contributed by atoms with Crippen molar-refractivity contribution in [1.82, 2.24) is 4.37 Å². The van der Waals surface area contributed by atoms with Crippen LogP contribution >= 0.6 is 27.5 Å². The summed E-state index contributed by atoms with van der Waals surface area (Å²) in [5.41, 5.74) is 0.967. The Hall–Kier alpha value is -1.73. The van der Waals surface area contributed by atoms with Gasteiger partial charge in [0, 0.05) is 17.1 Å². The molecule has 0 fully saturated rings. The van der Waals surface area contributed by atoms with Crippen LogP contribution in [0, 0.1) is 6.92 Å². The Labute approximate surface area is 128 Å². The molecule has 1 aromatic heterocycles. The SMILES string of the molecule is Cc1nsc(N(C)C(=O)c2ccc(Br)cc2)c1C(=O)O. The van der Waals surface area contributed by atoms with Crippen LogP contribution in [-0.4, -0.2) is 28.4 Å². The molecule has 0 saturated carbocycles. The molecule has 0 unspecified atom stereocenters. The lowest BCUT2D eigenvalue weighted by Crippen LogP contribution is -2.26. The van der Waals surface area contributed by atoms with Gasteiger partial charge in [0.1, 0.15) is 10.6 Å². The van der Waals surface area contributed by atoms with Crippen molar-refractivity contribution in [2.24, 2.45) is 0 Å². The predicted octanol–water partition coefficient (Wildman–Crippen LogP) is 3.19. The molecule has 2 rings (SSSR count). The zero-order valence-corrected chi connectivity index (χ0v) is 13.2. The molecule has 0 spiro atoms. The van der Waals surface area contributed by atoms with Crippen molar-refractivity contribution in [1.29, 1.82) is 0 Å². The van der Waals surface area contributed by atoms with E-state index in [9.17, 15) is 14.7 Å². The number of carboxylic acids is 1. The highest BCUT2D eigenvalue weighted by Crippen LogP contribution is 2.29. The number of aromatic nitrogens is 1. The number of hydrogen-bond acceptors (Lipinski definition) is 4. The van der Waals surface area contributed by atoms with Crippen molar-refractivity contribution in [3.63, 3.8) is 0 Å². The van der Waals surface area contributed by atoms with E-state index in [1.54, 1.807) is 38.2 Å². The molecule has 0 radical (unpaired) electrons. The predicted molar refractivity (Wildman–Crippen MR) is 80.7 cm³/mol. The van der Waals surface area contributed by atoms with Gasteiger partial charge in [-0.2, -0.15) is 4.37 Å². The van der Waals surface area contributed by atoms with Crippen LogP contribution in [0.25, 0.3) is 0 Å². The molecule has 2 aromatic rings. The molecule has 5 nitrogen and oxygen atoms in total. The van der Waals surface area contributed by atoms with Gasteiger partial charge in [0.15, 0.2) is 0 Å². The number of nitrogens with zero attached hydrogens (tertiary/aromatic N) is 2. The highest BCUT2D eigenvalue weighted by Gasteiger charge is 2.24. The molecular weight excluding hydrogens is 344 g/mol. The summed E-state index contributed by atoms with van der Waals surface area (Å²) < 4.78 is 4.88. The Balaban J connectivity index is 2.36. The summed E-state index contributed by atoms with van der Waals surface area (Å²) in [4.78, 5) is 24.9. The largest absolute Gasteiger partial charge is 0.478 e. The smallest absolute Gasteiger partial charge is 0.340 e. The first-order valence-corrected chi connectivity index (χ1v) is 7.21. The Bertz CT molecular complexity index is 667. The van der Waals surface area contributed by atoms with Crippen LogP contribution in [-0.2, 0) is 0 Å². The van der Waals surface area contributed by atoms with Crippen LogP contribution in [0.2, 0.25) is 0 Å². The minimum Gasteiger partial charge on any atom is -0.478 e. The number of carbonyl (C=O) groups is 2. The molecule has 0 bridgehead atoms. The second-order valence-electron chi connectivity index (χ2n) is 4.12. The summed E-state index contributed by atoms with van der Waals surface area (Å²) >= 11 is 4.30. The highest BCUT2D eigenvalue weighted by molar-refractivity contribution is 9.10. The zero-order valence-electron chi connectivity index (χ0n) is 10.8. The normalized spacial score (nSPS) is 10.3. The summed E-state index contributed by atoms with van der Waals surface area (Å²) in [5, 5.41) is 9.53. The Morgan fingerprint density at radius 1 is 1.30 bits per heavy atom. The van der Waals surface area contributed by atoms with E-state index in [1.807, 2.05) is 0 Å². The number of halogens is 1. The average molecular weight is 355 g/mol. The van der Waals surface area contributed by atoms with Gasteiger partial charge in [-0.05, 0) is 42.7 Å². The van der Waals surface area contributed by atoms with Crippen molar-refractivity contribution in [3.05, 3.63) is 45.6 Å². The van der Waals surface area contributed by atoms with E-state index in [2.05, 4.69) is 20.3 Å². The summed E-state index contributed by atoms with van der Waals surface area (Å²) in [6.45, 7) is 1.61. The van der Waals surface area contributed by atoms with Gasteiger partial charge < -0.3 is 10.0 Å². The fourth-order valence-corrected chi connectivity index (χ4v) is 2.82. The summed E-state index contributed by atoms with van der Waals surface area (Å²) in [7, 11) is 1.55. The van der Waals surface area contributed by atoms with E-state index in [1.165, 1.54) is 4.90 Å². The van der Waals surface area contributed by atoms with E-state index in [0.717, 1.165) is 16.0 Å². The fraction of sp³-hybridized carbons (Fsp3) is 0.154. The highest BCUT2D eigenvalue weighted by atomic mass is 79.9. The number of aryl methyl sites for hydroxylation is 1. The molecule has 0 saturated heterocycles. The van der Waals surface area contributed by atoms with Crippen molar-refractivity contribution in [2.75, 3.05) is 11.9 Å². The van der Waals surface area contributed by atoms with Crippen LogP contribution in [0.15, 0.2) is 28.7 Å². The number of hydrogen-bond donors (Lipinski definition) is 1. The average Bonchev–Trinajstić information content (AvgIpc) is 2.80. The molecule has 104 valence electrons. The van der Waals surface area contributed by atoms with Gasteiger partial charge in [-0.25, -0.2) is 4.79 Å². The molecule has 7 heteroatoms. The maximum absolute atomic E-state index is 12.3. The van der Waals surface area contributed by atoms with E-state index in [0.29, 0.717) is 16.3 Å². The zero-order chi connectivity index (χ0) is 14.9. The molecule has 0 aliphatic carbocycles. The first kappa shape index (κ1) is 14.7. The summed E-state index contributed by atoms with van der Waals surface area (Å²) in [5.74, 6) is -1.36. The molecule has 0 aliphatic rings. The van der Waals surface area contributed by atoms with E-state index < -0.39 is 5.97 Å². The monoisotopic (exact) mass is 354 g/mol. The van der Waals surface area contributed by atoms with Gasteiger partial charge in [-0.3, -0.25) is 4.79 Å². The van der Waals surface area contributed by atoms with Gasteiger partial charge in [0.25, 0.3) is 5.91 Å². The minimum atomic E-state index is -1.08.